The number of para-hydroxylation sites is 1. The third-order valence-corrected chi connectivity index (χ3v) is 3.47. The van der Waals surface area contributed by atoms with Crippen LogP contribution in [0.5, 0.6) is 0 Å². The van der Waals surface area contributed by atoms with E-state index in [1.807, 2.05) is 30.3 Å². The molecular weight excluding hydrogens is 272 g/mol. The molecule has 0 saturated carbocycles. The van der Waals surface area contributed by atoms with Gasteiger partial charge in [0.25, 0.3) is 11.5 Å². The van der Waals surface area contributed by atoms with E-state index >= 15 is 0 Å². The van der Waals surface area contributed by atoms with Crippen molar-refractivity contribution >= 4 is 28.3 Å². The number of halogens is 1. The van der Waals surface area contributed by atoms with Crippen molar-refractivity contribution in [2.24, 2.45) is 0 Å². The monoisotopic (exact) mass is 283 g/mol. The third-order valence-electron chi connectivity index (χ3n) is 3.22. The van der Waals surface area contributed by atoms with E-state index in [-0.39, 0.29) is 5.78 Å². The second kappa shape index (κ2) is 4.94. The van der Waals surface area contributed by atoms with Crippen molar-refractivity contribution in [2.75, 3.05) is 5.84 Å². The number of ketones is 1. The fourth-order valence-electron chi connectivity index (χ4n) is 2.16. The lowest BCUT2D eigenvalue weighted by Crippen LogP contribution is -2.50. The Morgan fingerprint density at radius 2 is 1.65 bits per heavy atom. The van der Waals surface area contributed by atoms with E-state index in [1.54, 1.807) is 30.3 Å². The number of nitrogen functional groups attached to an aromatic ring is 1. The zero-order valence-electron chi connectivity index (χ0n) is 10.6. The summed E-state index contributed by atoms with van der Waals surface area (Å²) in [5.74, 6) is 5.93. The average molecular weight is 284 g/mol. The molecule has 3 aromatic rings. The van der Waals surface area contributed by atoms with Crippen LogP contribution in [0.4, 0.5) is 0 Å². The maximum Gasteiger partial charge on any atom is 0.283 e. The molecule has 98 valence electrons. The molecule has 0 spiro atoms. The number of benzene rings is 2. The van der Waals surface area contributed by atoms with Crippen LogP contribution in [0, 0.1) is 0 Å². The van der Waals surface area contributed by atoms with Crippen LogP contribution in [0.1, 0.15) is 16.1 Å². The fourth-order valence-corrected chi connectivity index (χ4v) is 2.29. The summed E-state index contributed by atoms with van der Waals surface area (Å²) in [7, 11) is 0. The van der Waals surface area contributed by atoms with Crippen molar-refractivity contribution in [2.45, 2.75) is 0 Å². The number of rotatable bonds is 2. The highest BCUT2D eigenvalue weighted by atomic mass is 35.5. The topological polar surface area (TPSA) is 47.0 Å². The number of hydrogen-bond acceptors (Lipinski definition) is 2. The van der Waals surface area contributed by atoms with Gasteiger partial charge in [0, 0.05) is 28.1 Å². The minimum Gasteiger partial charge on any atom is -0.282 e. The van der Waals surface area contributed by atoms with Crippen LogP contribution in [0.2, 0.25) is 5.02 Å². The van der Waals surface area contributed by atoms with Gasteiger partial charge >= 0.3 is 0 Å². The number of aromatic nitrogens is 1. The lowest BCUT2D eigenvalue weighted by molar-refractivity contribution is -0.613. The second-order valence-electron chi connectivity index (χ2n) is 4.48. The molecule has 2 N–H and O–H groups in total. The molecule has 20 heavy (non-hydrogen) atoms. The minimum absolute atomic E-state index is 0.130. The van der Waals surface area contributed by atoms with E-state index in [2.05, 4.69) is 0 Å². The fraction of sp³-hybridized carbons (Fsp3) is 0. The Morgan fingerprint density at radius 3 is 2.40 bits per heavy atom. The largest absolute Gasteiger partial charge is 0.283 e. The molecule has 1 heterocycles. The number of hydrogen-bond donors (Lipinski definition) is 1. The summed E-state index contributed by atoms with van der Waals surface area (Å²) in [4.78, 5) is 12.5. The molecule has 3 rings (SSSR count). The van der Waals surface area contributed by atoms with Crippen molar-refractivity contribution in [3.63, 3.8) is 0 Å². The molecular formula is C16H12ClN2O+. The van der Waals surface area contributed by atoms with Crippen LogP contribution in [-0.4, -0.2) is 5.78 Å². The van der Waals surface area contributed by atoms with Crippen LogP contribution in [0.3, 0.4) is 0 Å². The summed E-state index contributed by atoms with van der Waals surface area (Å²) in [5, 5.41) is 1.59. The van der Waals surface area contributed by atoms with Gasteiger partial charge in [-0.25, -0.2) is 5.84 Å². The first-order chi connectivity index (χ1) is 9.66. The maximum absolute atomic E-state index is 12.5. The molecule has 3 nitrogen and oxygen atoms in total. The highest BCUT2D eigenvalue weighted by molar-refractivity contribution is 6.30. The lowest BCUT2D eigenvalue weighted by atomic mass is 10.1. The summed E-state index contributed by atoms with van der Waals surface area (Å²) >= 11 is 5.83. The van der Waals surface area contributed by atoms with Gasteiger partial charge in [-0.3, -0.25) is 4.79 Å². The van der Waals surface area contributed by atoms with E-state index in [0.717, 1.165) is 10.9 Å². The van der Waals surface area contributed by atoms with Crippen molar-refractivity contribution < 1.29 is 9.47 Å². The van der Waals surface area contributed by atoms with Gasteiger partial charge in [0.2, 0.25) is 5.52 Å². The molecule has 2 aromatic carbocycles. The summed E-state index contributed by atoms with van der Waals surface area (Å²) in [5.41, 5.74) is 1.81. The third kappa shape index (κ3) is 2.12. The van der Waals surface area contributed by atoms with Gasteiger partial charge in [-0.15, -0.1) is 0 Å². The molecule has 4 heteroatoms. The van der Waals surface area contributed by atoms with Gasteiger partial charge < -0.3 is 0 Å². The average Bonchev–Trinajstić information content (AvgIpc) is 2.48. The molecule has 0 aliphatic rings. The zero-order valence-corrected chi connectivity index (χ0v) is 11.3. The van der Waals surface area contributed by atoms with Crippen molar-refractivity contribution in [1.29, 1.82) is 0 Å². The first-order valence-electron chi connectivity index (χ1n) is 6.16. The number of carbonyl (C=O) groups excluding carboxylic acids is 1. The second-order valence-corrected chi connectivity index (χ2v) is 4.92. The first kappa shape index (κ1) is 12.6. The molecule has 0 bridgehead atoms. The summed E-state index contributed by atoms with van der Waals surface area (Å²) in [6, 6.07) is 18.1. The lowest BCUT2D eigenvalue weighted by Gasteiger charge is -2.02. The molecule has 0 radical (unpaired) electrons. The number of nitrogens with zero attached hydrogens (tertiary/aromatic N) is 1. The molecule has 0 aliphatic carbocycles. The van der Waals surface area contributed by atoms with Gasteiger partial charge in [-0.2, -0.15) is 0 Å². The highest BCUT2D eigenvalue weighted by Crippen LogP contribution is 2.14. The van der Waals surface area contributed by atoms with Gasteiger partial charge in [-0.05, 0) is 36.4 Å². The number of nitrogens with two attached hydrogens (primary N) is 1. The van der Waals surface area contributed by atoms with Crippen LogP contribution >= 0.6 is 11.6 Å². The van der Waals surface area contributed by atoms with Crippen LogP contribution in [0.25, 0.3) is 10.9 Å². The molecule has 0 aliphatic heterocycles. The van der Waals surface area contributed by atoms with E-state index in [0.29, 0.717) is 16.3 Å². The van der Waals surface area contributed by atoms with Crippen LogP contribution in [0.15, 0.2) is 60.7 Å². The van der Waals surface area contributed by atoms with Crippen molar-refractivity contribution in [3.05, 3.63) is 76.9 Å². The Balaban J connectivity index is 2.12. The SMILES string of the molecule is N[n+]1c(C(=O)c2ccc(Cl)cc2)ccc2ccccc21. The smallest absolute Gasteiger partial charge is 0.282 e. The van der Waals surface area contributed by atoms with Gasteiger partial charge in [-0.1, -0.05) is 28.4 Å². The molecule has 0 atom stereocenters. The van der Waals surface area contributed by atoms with E-state index in [4.69, 9.17) is 17.4 Å². The standard InChI is InChI=1S/C16H11ClN2O/c17-13-8-5-12(6-9-13)16(20)15-10-7-11-3-1-2-4-14(11)19(15)18/h1-10H,(H-,18,20)/p+1. The Bertz CT molecular complexity index is 797. The highest BCUT2D eigenvalue weighted by Gasteiger charge is 2.21. The molecule has 0 unspecified atom stereocenters. The number of fused-ring (bicyclic) bond motifs is 1. The Labute approximate surface area is 121 Å². The number of carbonyl (C=O) groups is 1. The molecule has 1 aromatic heterocycles. The first-order valence-corrected chi connectivity index (χ1v) is 6.54. The summed E-state index contributed by atoms with van der Waals surface area (Å²) in [6.07, 6.45) is 0. The summed E-state index contributed by atoms with van der Waals surface area (Å²) in [6.45, 7) is 0. The Morgan fingerprint density at radius 1 is 0.950 bits per heavy atom. The predicted molar refractivity (Wildman–Crippen MR) is 79.2 cm³/mol. The molecule has 0 amide bonds. The summed E-state index contributed by atoms with van der Waals surface area (Å²) < 4.78 is 1.42. The van der Waals surface area contributed by atoms with Crippen molar-refractivity contribution in [3.8, 4) is 0 Å². The van der Waals surface area contributed by atoms with E-state index < -0.39 is 0 Å². The van der Waals surface area contributed by atoms with Crippen molar-refractivity contribution in [1.82, 2.24) is 0 Å². The van der Waals surface area contributed by atoms with Gasteiger partial charge in [0.05, 0.1) is 0 Å². The molecule has 0 fully saturated rings. The Kier molecular flexibility index (Phi) is 3.12. The zero-order chi connectivity index (χ0) is 14.1. The number of pyridine rings is 1. The van der Waals surface area contributed by atoms with Gasteiger partial charge in [0.15, 0.2) is 0 Å². The quantitative estimate of drug-likeness (QED) is 0.447. The van der Waals surface area contributed by atoms with Gasteiger partial charge in [0.1, 0.15) is 0 Å². The van der Waals surface area contributed by atoms with E-state index in [1.165, 1.54) is 4.68 Å². The Hall–Kier alpha value is -2.39. The predicted octanol–water partition coefficient (Wildman–Crippen LogP) is 2.73. The maximum atomic E-state index is 12.5. The van der Waals surface area contributed by atoms with Crippen LogP contribution in [-0.2, 0) is 0 Å². The minimum atomic E-state index is -0.130. The van der Waals surface area contributed by atoms with E-state index in [9.17, 15) is 4.79 Å². The normalized spacial score (nSPS) is 10.7. The van der Waals surface area contributed by atoms with Crippen LogP contribution < -0.4 is 10.5 Å². The molecule has 0 saturated heterocycles.